The van der Waals surface area contributed by atoms with Crippen LogP contribution < -0.4 is 10.1 Å². The number of benzene rings is 1. The van der Waals surface area contributed by atoms with Gasteiger partial charge in [-0.15, -0.1) is 0 Å². The highest BCUT2D eigenvalue weighted by Gasteiger charge is 2.24. The standard InChI is InChI=1S/C15H20ClNO2/c1-10-8-14(19-2)13(16)9-12(10)6-7-17-15(18)11-4-3-5-11/h8-9,11H,3-7H2,1-2H3,(H,17,18). The summed E-state index contributed by atoms with van der Waals surface area (Å²) in [5.74, 6) is 1.14. The normalized spacial score (nSPS) is 14.9. The Bertz CT molecular complexity index is 469. The Balaban J connectivity index is 1.88. The quantitative estimate of drug-likeness (QED) is 0.901. The summed E-state index contributed by atoms with van der Waals surface area (Å²) in [6.45, 7) is 2.70. The summed E-state index contributed by atoms with van der Waals surface area (Å²) in [7, 11) is 1.61. The Morgan fingerprint density at radius 1 is 1.47 bits per heavy atom. The Kier molecular flexibility index (Phi) is 4.70. The zero-order valence-corrected chi connectivity index (χ0v) is 12.2. The van der Waals surface area contributed by atoms with Crippen molar-refractivity contribution in [1.82, 2.24) is 5.32 Å². The summed E-state index contributed by atoms with van der Waals surface area (Å²) in [5.41, 5.74) is 2.29. The lowest BCUT2D eigenvalue weighted by atomic mass is 9.85. The molecule has 1 fully saturated rings. The van der Waals surface area contributed by atoms with E-state index in [1.807, 2.05) is 19.1 Å². The van der Waals surface area contributed by atoms with Gasteiger partial charge in [0.15, 0.2) is 0 Å². The highest BCUT2D eigenvalue weighted by Crippen LogP contribution is 2.28. The van der Waals surface area contributed by atoms with Crippen LogP contribution in [0.1, 0.15) is 30.4 Å². The molecule has 1 saturated carbocycles. The molecule has 19 heavy (non-hydrogen) atoms. The van der Waals surface area contributed by atoms with Gasteiger partial charge in [-0.05, 0) is 49.4 Å². The zero-order valence-electron chi connectivity index (χ0n) is 11.5. The van der Waals surface area contributed by atoms with Crippen molar-refractivity contribution in [2.24, 2.45) is 5.92 Å². The monoisotopic (exact) mass is 281 g/mol. The van der Waals surface area contributed by atoms with Crippen LogP contribution in [0.25, 0.3) is 0 Å². The Hall–Kier alpha value is -1.22. The molecule has 1 N–H and O–H groups in total. The number of carbonyl (C=O) groups is 1. The van der Waals surface area contributed by atoms with Gasteiger partial charge in [0.2, 0.25) is 5.91 Å². The van der Waals surface area contributed by atoms with Crippen molar-refractivity contribution in [1.29, 1.82) is 0 Å². The van der Waals surface area contributed by atoms with Gasteiger partial charge in [0.05, 0.1) is 12.1 Å². The summed E-state index contributed by atoms with van der Waals surface area (Å²) in [6, 6.07) is 3.86. The minimum atomic E-state index is 0.198. The number of hydrogen-bond acceptors (Lipinski definition) is 2. The van der Waals surface area contributed by atoms with Crippen molar-refractivity contribution in [2.75, 3.05) is 13.7 Å². The van der Waals surface area contributed by atoms with Crippen molar-refractivity contribution < 1.29 is 9.53 Å². The zero-order chi connectivity index (χ0) is 13.8. The molecule has 0 atom stereocenters. The van der Waals surface area contributed by atoms with Crippen LogP contribution in [0.5, 0.6) is 5.75 Å². The molecular weight excluding hydrogens is 262 g/mol. The first-order valence-corrected chi connectivity index (χ1v) is 7.10. The fraction of sp³-hybridized carbons (Fsp3) is 0.533. The number of amides is 1. The maximum atomic E-state index is 11.7. The molecule has 1 aliphatic carbocycles. The summed E-state index contributed by atoms with van der Waals surface area (Å²) in [4.78, 5) is 11.7. The van der Waals surface area contributed by atoms with E-state index < -0.39 is 0 Å². The van der Waals surface area contributed by atoms with Gasteiger partial charge in [-0.3, -0.25) is 4.79 Å². The van der Waals surface area contributed by atoms with Crippen molar-refractivity contribution in [3.05, 3.63) is 28.3 Å². The summed E-state index contributed by atoms with van der Waals surface area (Å²) in [5, 5.41) is 3.61. The minimum Gasteiger partial charge on any atom is -0.495 e. The van der Waals surface area contributed by atoms with Gasteiger partial charge >= 0.3 is 0 Å². The van der Waals surface area contributed by atoms with Crippen LogP contribution in [0.3, 0.4) is 0 Å². The predicted molar refractivity (Wildman–Crippen MR) is 76.8 cm³/mol. The van der Waals surface area contributed by atoms with Crippen molar-refractivity contribution in [2.45, 2.75) is 32.6 Å². The molecule has 4 heteroatoms. The number of hydrogen-bond donors (Lipinski definition) is 1. The molecule has 1 amide bonds. The first kappa shape index (κ1) is 14.2. The maximum Gasteiger partial charge on any atom is 0.223 e. The van der Waals surface area contributed by atoms with Gasteiger partial charge in [-0.1, -0.05) is 18.0 Å². The fourth-order valence-corrected chi connectivity index (χ4v) is 2.52. The summed E-state index contributed by atoms with van der Waals surface area (Å²) >= 11 is 6.11. The van der Waals surface area contributed by atoms with Gasteiger partial charge in [0.1, 0.15) is 5.75 Å². The topological polar surface area (TPSA) is 38.3 Å². The highest BCUT2D eigenvalue weighted by molar-refractivity contribution is 6.32. The SMILES string of the molecule is COc1cc(C)c(CCNC(=O)C2CCC2)cc1Cl. The maximum absolute atomic E-state index is 11.7. The first-order valence-electron chi connectivity index (χ1n) is 6.72. The molecule has 104 valence electrons. The molecule has 1 aromatic carbocycles. The highest BCUT2D eigenvalue weighted by atomic mass is 35.5. The lowest BCUT2D eigenvalue weighted by molar-refractivity contribution is -0.127. The second-order valence-corrected chi connectivity index (χ2v) is 5.49. The number of aryl methyl sites for hydroxylation is 1. The molecule has 0 spiro atoms. The molecule has 1 aromatic rings. The smallest absolute Gasteiger partial charge is 0.223 e. The average molecular weight is 282 g/mol. The third-order valence-electron chi connectivity index (χ3n) is 3.78. The van der Waals surface area contributed by atoms with E-state index in [1.165, 1.54) is 6.42 Å². The van der Waals surface area contributed by atoms with Crippen LogP contribution >= 0.6 is 11.6 Å². The molecule has 0 aliphatic heterocycles. The number of rotatable bonds is 5. The van der Waals surface area contributed by atoms with E-state index in [9.17, 15) is 4.79 Å². The predicted octanol–water partition coefficient (Wildman–Crippen LogP) is 3.12. The molecule has 0 bridgehead atoms. The number of nitrogens with one attached hydrogen (secondary N) is 1. The van der Waals surface area contributed by atoms with Crippen LogP contribution in [0, 0.1) is 12.8 Å². The molecule has 0 radical (unpaired) electrons. The Morgan fingerprint density at radius 2 is 2.21 bits per heavy atom. The number of carbonyl (C=O) groups excluding carboxylic acids is 1. The van der Waals surface area contributed by atoms with Crippen LogP contribution in [0.2, 0.25) is 5.02 Å². The second-order valence-electron chi connectivity index (χ2n) is 5.08. The third kappa shape index (κ3) is 3.41. The second kappa shape index (κ2) is 6.29. The number of halogens is 1. The van der Waals surface area contributed by atoms with Crippen LogP contribution in [-0.4, -0.2) is 19.6 Å². The van der Waals surface area contributed by atoms with E-state index in [2.05, 4.69) is 5.32 Å². The van der Waals surface area contributed by atoms with E-state index in [0.29, 0.717) is 17.3 Å². The summed E-state index contributed by atoms with van der Waals surface area (Å²) < 4.78 is 5.18. The lowest BCUT2D eigenvalue weighted by Gasteiger charge is -2.24. The van der Waals surface area contributed by atoms with Crippen LogP contribution in [0.4, 0.5) is 0 Å². The van der Waals surface area contributed by atoms with Gasteiger partial charge in [0, 0.05) is 12.5 Å². The van der Waals surface area contributed by atoms with Crippen molar-refractivity contribution in [3.63, 3.8) is 0 Å². The van der Waals surface area contributed by atoms with Gasteiger partial charge < -0.3 is 10.1 Å². The van der Waals surface area contributed by atoms with E-state index in [0.717, 1.165) is 30.4 Å². The van der Waals surface area contributed by atoms with Gasteiger partial charge in [0.25, 0.3) is 0 Å². The van der Waals surface area contributed by atoms with Crippen molar-refractivity contribution >= 4 is 17.5 Å². The van der Waals surface area contributed by atoms with Gasteiger partial charge in [-0.2, -0.15) is 0 Å². The molecule has 0 unspecified atom stereocenters. The number of methoxy groups -OCH3 is 1. The Labute approximate surface area is 119 Å². The molecule has 0 saturated heterocycles. The average Bonchev–Trinajstić information content (AvgIpc) is 2.30. The van der Waals surface area contributed by atoms with E-state index in [4.69, 9.17) is 16.3 Å². The molecule has 0 aromatic heterocycles. The first-order chi connectivity index (χ1) is 9.11. The van der Waals surface area contributed by atoms with E-state index in [1.54, 1.807) is 7.11 Å². The largest absolute Gasteiger partial charge is 0.495 e. The third-order valence-corrected chi connectivity index (χ3v) is 4.08. The van der Waals surface area contributed by atoms with Crippen LogP contribution in [-0.2, 0) is 11.2 Å². The molecule has 0 heterocycles. The lowest BCUT2D eigenvalue weighted by Crippen LogP contribution is -2.35. The van der Waals surface area contributed by atoms with Crippen molar-refractivity contribution in [3.8, 4) is 5.75 Å². The minimum absolute atomic E-state index is 0.198. The van der Waals surface area contributed by atoms with Gasteiger partial charge in [-0.25, -0.2) is 0 Å². The van der Waals surface area contributed by atoms with Crippen LogP contribution in [0.15, 0.2) is 12.1 Å². The fourth-order valence-electron chi connectivity index (χ4n) is 2.26. The van der Waals surface area contributed by atoms with E-state index in [-0.39, 0.29) is 11.8 Å². The van der Waals surface area contributed by atoms with E-state index >= 15 is 0 Å². The molecule has 3 nitrogen and oxygen atoms in total. The molecular formula is C15H20ClNO2. The summed E-state index contributed by atoms with van der Waals surface area (Å²) in [6.07, 6.45) is 4.07. The number of ether oxygens (including phenoxy) is 1. The molecule has 2 rings (SSSR count). The Morgan fingerprint density at radius 3 is 2.79 bits per heavy atom. The molecule has 1 aliphatic rings.